The minimum Gasteiger partial charge on any atom is -0.351 e. The minimum atomic E-state index is -1.08. The van der Waals surface area contributed by atoms with Crippen molar-refractivity contribution in [1.29, 1.82) is 0 Å². The number of amides is 1. The molecule has 0 aromatic heterocycles. The molecule has 3 rings (SSSR count). The van der Waals surface area contributed by atoms with E-state index in [4.69, 9.17) is 0 Å². The summed E-state index contributed by atoms with van der Waals surface area (Å²) >= 11 is 6.78. The van der Waals surface area contributed by atoms with Crippen molar-refractivity contribution in [2.45, 2.75) is 15.7 Å². The molecule has 112 valence electrons. The molecule has 0 saturated heterocycles. The van der Waals surface area contributed by atoms with E-state index in [2.05, 4.69) is 37.2 Å². The zero-order valence-electron chi connectivity index (χ0n) is 11.6. The van der Waals surface area contributed by atoms with Gasteiger partial charge >= 0.3 is 0 Å². The molecule has 0 radical (unpaired) electrons. The van der Waals surface area contributed by atoms with Crippen LogP contribution in [0, 0.1) is 0 Å². The van der Waals surface area contributed by atoms with Gasteiger partial charge in [0.25, 0.3) is 0 Å². The lowest BCUT2D eigenvalue weighted by Gasteiger charge is -2.21. The van der Waals surface area contributed by atoms with Crippen LogP contribution in [-0.4, -0.2) is 14.9 Å². The van der Waals surface area contributed by atoms with Gasteiger partial charge in [0, 0.05) is 12.1 Å². The van der Waals surface area contributed by atoms with Crippen LogP contribution in [0.3, 0.4) is 0 Å². The highest BCUT2D eigenvalue weighted by Crippen LogP contribution is 2.50. The lowest BCUT2D eigenvalue weighted by atomic mass is 10.0. The molecule has 5 heteroatoms. The van der Waals surface area contributed by atoms with Crippen LogP contribution in [0.1, 0.15) is 27.4 Å². The predicted molar refractivity (Wildman–Crippen MR) is 92.4 cm³/mol. The molecule has 2 aromatic rings. The summed E-state index contributed by atoms with van der Waals surface area (Å²) in [6.07, 6.45) is 0. The maximum atomic E-state index is 12.6. The number of rotatable bonds is 3. The second kappa shape index (κ2) is 5.97. The molecule has 0 aliphatic heterocycles. The average molecular weight is 423 g/mol. The van der Waals surface area contributed by atoms with E-state index in [1.54, 1.807) is 12.1 Å². The van der Waals surface area contributed by atoms with Gasteiger partial charge in [0.1, 0.15) is 0 Å². The molecular weight excluding hydrogens is 410 g/mol. The van der Waals surface area contributed by atoms with Crippen molar-refractivity contribution in [3.63, 3.8) is 0 Å². The van der Waals surface area contributed by atoms with E-state index in [0.29, 0.717) is 12.1 Å². The Labute approximate surface area is 145 Å². The number of carbonyl (C=O) groups is 2. The van der Waals surface area contributed by atoms with E-state index in [0.717, 1.165) is 11.1 Å². The average Bonchev–Trinajstić information content (AvgIpc) is 2.73. The highest BCUT2D eigenvalue weighted by atomic mass is 79.9. The summed E-state index contributed by atoms with van der Waals surface area (Å²) in [6.45, 7) is 0.433. The Morgan fingerprint density at radius 3 is 2.41 bits per heavy atom. The molecule has 2 aromatic carbocycles. The van der Waals surface area contributed by atoms with Gasteiger partial charge in [-0.05, 0) is 11.1 Å². The number of halogens is 2. The molecule has 1 aliphatic carbocycles. The van der Waals surface area contributed by atoms with Crippen molar-refractivity contribution in [1.82, 2.24) is 5.32 Å². The van der Waals surface area contributed by atoms with E-state index in [-0.39, 0.29) is 11.7 Å². The maximum absolute atomic E-state index is 12.6. The topological polar surface area (TPSA) is 46.2 Å². The number of nitrogens with one attached hydrogen (secondary N) is 1. The van der Waals surface area contributed by atoms with Crippen LogP contribution >= 0.6 is 31.9 Å². The molecule has 0 spiro atoms. The largest absolute Gasteiger partial charge is 0.351 e. The van der Waals surface area contributed by atoms with Gasteiger partial charge in [0.2, 0.25) is 5.91 Å². The van der Waals surface area contributed by atoms with E-state index in [1.165, 1.54) is 0 Å². The molecule has 1 atom stereocenters. The number of ketones is 1. The lowest BCUT2D eigenvalue weighted by molar-refractivity contribution is -0.122. The third-order valence-electron chi connectivity index (χ3n) is 3.75. The van der Waals surface area contributed by atoms with Crippen molar-refractivity contribution in [2.75, 3.05) is 0 Å². The number of alkyl halides is 2. The second-order valence-corrected chi connectivity index (χ2v) is 8.74. The molecular formula is C17H13Br2NO2. The summed E-state index contributed by atoms with van der Waals surface area (Å²) in [7, 11) is 0. The first-order valence-electron chi connectivity index (χ1n) is 6.85. The van der Waals surface area contributed by atoms with Crippen molar-refractivity contribution >= 4 is 43.6 Å². The monoisotopic (exact) mass is 421 g/mol. The number of fused-ring (bicyclic) bond motifs is 1. The summed E-state index contributed by atoms with van der Waals surface area (Å²) in [5.41, 5.74) is 2.34. The Morgan fingerprint density at radius 1 is 1.05 bits per heavy atom. The quantitative estimate of drug-likeness (QED) is 0.765. The maximum Gasteiger partial charge on any atom is 0.230 e. The van der Waals surface area contributed by atoms with Crippen LogP contribution in [0.25, 0.3) is 0 Å². The molecule has 1 unspecified atom stereocenters. The van der Waals surface area contributed by atoms with Gasteiger partial charge in [-0.3, -0.25) is 9.59 Å². The molecule has 1 aliphatic rings. The van der Waals surface area contributed by atoms with Crippen molar-refractivity contribution < 1.29 is 9.59 Å². The predicted octanol–water partition coefficient (Wildman–Crippen LogP) is 3.77. The zero-order valence-corrected chi connectivity index (χ0v) is 14.7. The summed E-state index contributed by atoms with van der Waals surface area (Å²) in [5, 5.41) is 2.91. The van der Waals surface area contributed by atoms with E-state index in [9.17, 15) is 9.59 Å². The number of carbonyl (C=O) groups excluding carboxylic acids is 2. The molecule has 1 N–H and O–H groups in total. The normalized spacial score (nSPS) is 18.8. The van der Waals surface area contributed by atoms with Gasteiger partial charge in [-0.1, -0.05) is 86.5 Å². The lowest BCUT2D eigenvalue weighted by Crippen LogP contribution is -2.37. The number of hydrogen-bond acceptors (Lipinski definition) is 2. The van der Waals surface area contributed by atoms with Gasteiger partial charge in [0.05, 0.1) is 5.92 Å². The SMILES string of the molecule is O=C(NCc1ccccc1)C1c2ccccc2C(=O)C1(Br)Br. The van der Waals surface area contributed by atoms with Gasteiger partial charge in [-0.2, -0.15) is 0 Å². The van der Waals surface area contributed by atoms with Crippen LogP contribution < -0.4 is 5.32 Å². The molecule has 1 amide bonds. The van der Waals surface area contributed by atoms with Crippen LogP contribution in [0.15, 0.2) is 54.6 Å². The minimum absolute atomic E-state index is 0.122. The first kappa shape index (κ1) is 15.4. The van der Waals surface area contributed by atoms with Crippen LogP contribution in [0.2, 0.25) is 0 Å². The Balaban J connectivity index is 1.84. The van der Waals surface area contributed by atoms with Crippen LogP contribution in [0.5, 0.6) is 0 Å². The summed E-state index contributed by atoms with van der Waals surface area (Å²) in [5.74, 6) is -0.904. The smallest absolute Gasteiger partial charge is 0.230 e. The van der Waals surface area contributed by atoms with Crippen LogP contribution in [-0.2, 0) is 11.3 Å². The fourth-order valence-corrected chi connectivity index (χ4v) is 3.99. The van der Waals surface area contributed by atoms with Crippen molar-refractivity contribution in [3.8, 4) is 0 Å². The number of Topliss-reactive ketones (excluding diaryl/α,β-unsaturated/α-hetero) is 1. The third kappa shape index (κ3) is 2.63. The second-order valence-electron chi connectivity index (χ2n) is 5.18. The summed E-state index contributed by atoms with van der Waals surface area (Å²) in [4.78, 5) is 25.1. The van der Waals surface area contributed by atoms with Gasteiger partial charge < -0.3 is 5.32 Å². The van der Waals surface area contributed by atoms with E-state index < -0.39 is 9.15 Å². The van der Waals surface area contributed by atoms with Gasteiger partial charge in [-0.25, -0.2) is 0 Å². The Bertz CT molecular complexity index is 728. The van der Waals surface area contributed by atoms with Crippen molar-refractivity contribution in [3.05, 3.63) is 71.3 Å². The first-order valence-corrected chi connectivity index (χ1v) is 8.43. The van der Waals surface area contributed by atoms with Crippen LogP contribution in [0.4, 0.5) is 0 Å². The van der Waals surface area contributed by atoms with Crippen molar-refractivity contribution in [2.24, 2.45) is 0 Å². The Morgan fingerprint density at radius 2 is 1.68 bits per heavy atom. The number of hydrogen-bond donors (Lipinski definition) is 1. The molecule has 0 heterocycles. The fourth-order valence-electron chi connectivity index (χ4n) is 2.65. The Hall–Kier alpha value is -1.46. The Kier molecular flexibility index (Phi) is 4.19. The van der Waals surface area contributed by atoms with E-state index >= 15 is 0 Å². The number of benzene rings is 2. The summed E-state index contributed by atoms with van der Waals surface area (Å²) < 4.78 is -1.08. The summed E-state index contributed by atoms with van der Waals surface area (Å²) in [6, 6.07) is 16.9. The van der Waals surface area contributed by atoms with Gasteiger partial charge in [0.15, 0.2) is 9.02 Å². The third-order valence-corrected chi connectivity index (χ3v) is 5.39. The molecule has 3 nitrogen and oxygen atoms in total. The highest BCUT2D eigenvalue weighted by Gasteiger charge is 2.53. The molecule has 0 saturated carbocycles. The standard InChI is InChI=1S/C17H13Br2NO2/c18-17(19)14(12-8-4-5-9-13(12)15(17)21)16(22)20-10-11-6-2-1-3-7-11/h1-9,14H,10H2,(H,20,22). The van der Waals surface area contributed by atoms with Gasteiger partial charge in [-0.15, -0.1) is 0 Å². The zero-order chi connectivity index (χ0) is 15.7. The molecule has 0 bridgehead atoms. The molecule has 0 fully saturated rings. The van der Waals surface area contributed by atoms with E-state index in [1.807, 2.05) is 42.5 Å². The first-order chi connectivity index (χ1) is 10.5. The molecule has 22 heavy (non-hydrogen) atoms. The fraction of sp³-hybridized carbons (Fsp3) is 0.176. The highest BCUT2D eigenvalue weighted by molar-refractivity contribution is 9.26.